The number of hydrazone groups is 1. The van der Waals surface area contributed by atoms with Crippen molar-refractivity contribution in [3.63, 3.8) is 0 Å². The van der Waals surface area contributed by atoms with Gasteiger partial charge in [-0.1, -0.05) is 35.5 Å². The first-order valence-electron chi connectivity index (χ1n) is 8.21. The molecule has 3 aromatic heterocycles. The number of furan rings is 1. The minimum absolute atomic E-state index is 0.0273. The van der Waals surface area contributed by atoms with E-state index in [-0.39, 0.29) is 28.8 Å². The van der Waals surface area contributed by atoms with Crippen LogP contribution in [0.25, 0.3) is 17.1 Å². The van der Waals surface area contributed by atoms with Gasteiger partial charge in [0.2, 0.25) is 11.6 Å². The lowest BCUT2D eigenvalue weighted by Gasteiger charge is -2.04. The SMILES string of the molecule is Nc1nonc1-n1nnc(-c2ccccc2)c1C(=O)N/N=C/c1ccc([N+](=O)[O-])o1. The van der Waals surface area contributed by atoms with Crippen molar-refractivity contribution in [3.05, 3.63) is 64.0 Å². The molecule has 0 radical (unpaired) electrons. The Morgan fingerprint density at radius 2 is 2.03 bits per heavy atom. The molecule has 14 nitrogen and oxygen atoms in total. The normalized spacial score (nSPS) is 11.1. The zero-order valence-electron chi connectivity index (χ0n) is 14.9. The maximum Gasteiger partial charge on any atom is 0.433 e. The van der Waals surface area contributed by atoms with Crippen molar-refractivity contribution >= 4 is 23.8 Å². The van der Waals surface area contributed by atoms with Crippen LogP contribution in [0.3, 0.4) is 0 Å². The molecule has 0 spiro atoms. The average molecular weight is 409 g/mol. The fourth-order valence-corrected chi connectivity index (χ4v) is 2.48. The van der Waals surface area contributed by atoms with Gasteiger partial charge in [0.1, 0.15) is 10.6 Å². The molecule has 0 aliphatic carbocycles. The van der Waals surface area contributed by atoms with E-state index in [0.29, 0.717) is 5.56 Å². The molecule has 3 N–H and O–H groups in total. The highest BCUT2D eigenvalue weighted by molar-refractivity contribution is 5.99. The molecular formula is C16H11N9O5. The van der Waals surface area contributed by atoms with E-state index < -0.39 is 16.7 Å². The fourth-order valence-electron chi connectivity index (χ4n) is 2.48. The molecule has 0 bridgehead atoms. The summed E-state index contributed by atoms with van der Waals surface area (Å²) >= 11 is 0. The summed E-state index contributed by atoms with van der Waals surface area (Å²) in [7, 11) is 0. The first kappa shape index (κ1) is 18.5. The molecule has 30 heavy (non-hydrogen) atoms. The maximum atomic E-state index is 12.8. The number of benzene rings is 1. The Balaban J connectivity index is 1.66. The summed E-state index contributed by atoms with van der Waals surface area (Å²) in [6.45, 7) is 0. The molecule has 0 aliphatic heterocycles. The van der Waals surface area contributed by atoms with E-state index >= 15 is 0 Å². The second kappa shape index (κ2) is 7.63. The summed E-state index contributed by atoms with van der Waals surface area (Å²) in [5.74, 6) is -1.22. The van der Waals surface area contributed by atoms with E-state index in [1.165, 1.54) is 6.07 Å². The van der Waals surface area contributed by atoms with Crippen molar-refractivity contribution in [2.45, 2.75) is 0 Å². The van der Waals surface area contributed by atoms with Crippen molar-refractivity contribution in [1.82, 2.24) is 30.7 Å². The molecule has 0 saturated heterocycles. The molecule has 150 valence electrons. The molecule has 1 aromatic carbocycles. The van der Waals surface area contributed by atoms with Crippen LogP contribution in [0, 0.1) is 10.1 Å². The van der Waals surface area contributed by atoms with E-state index in [1.54, 1.807) is 30.3 Å². The molecular weight excluding hydrogens is 398 g/mol. The zero-order valence-corrected chi connectivity index (χ0v) is 14.9. The molecule has 0 atom stereocenters. The number of anilines is 1. The van der Waals surface area contributed by atoms with Gasteiger partial charge in [0.25, 0.3) is 5.91 Å². The fraction of sp³-hybridized carbons (Fsp3) is 0. The molecule has 3 heterocycles. The largest absolute Gasteiger partial charge is 0.433 e. The number of amides is 1. The predicted molar refractivity (Wildman–Crippen MR) is 99.5 cm³/mol. The van der Waals surface area contributed by atoms with Gasteiger partial charge < -0.3 is 10.2 Å². The van der Waals surface area contributed by atoms with Crippen LogP contribution < -0.4 is 11.2 Å². The number of nitrogens with two attached hydrogens (primary N) is 1. The first-order valence-corrected chi connectivity index (χ1v) is 8.21. The van der Waals surface area contributed by atoms with Gasteiger partial charge in [-0.3, -0.25) is 14.9 Å². The van der Waals surface area contributed by atoms with E-state index in [9.17, 15) is 14.9 Å². The highest BCUT2D eigenvalue weighted by atomic mass is 16.6. The molecule has 0 aliphatic rings. The topological polar surface area (TPSA) is 193 Å². The second-order valence-electron chi connectivity index (χ2n) is 5.67. The number of nitrogen functional groups attached to an aromatic ring is 1. The van der Waals surface area contributed by atoms with Crippen LogP contribution in [-0.2, 0) is 0 Å². The standard InChI is InChI=1S/C16H11N9O5/c17-14-15(22-30-21-14)24-13(12(19-23-24)9-4-2-1-3-5-9)16(26)20-18-8-10-6-7-11(29-10)25(27)28/h1-8H,(H2,17,21)(H,20,26)/b18-8+. The van der Waals surface area contributed by atoms with Gasteiger partial charge in [0.15, 0.2) is 11.5 Å². The predicted octanol–water partition coefficient (Wildman–Crippen LogP) is 1.16. The number of hydrogen-bond donors (Lipinski definition) is 2. The lowest BCUT2D eigenvalue weighted by atomic mass is 10.1. The number of nitro groups is 1. The number of carbonyl (C=O) groups excluding carboxylic acids is 1. The van der Waals surface area contributed by atoms with E-state index in [0.717, 1.165) is 17.0 Å². The Bertz CT molecular complexity index is 1240. The summed E-state index contributed by atoms with van der Waals surface area (Å²) in [6, 6.07) is 11.3. The van der Waals surface area contributed by atoms with Crippen LogP contribution in [0.2, 0.25) is 0 Å². The molecule has 0 fully saturated rings. The van der Waals surface area contributed by atoms with Gasteiger partial charge in [0, 0.05) is 5.56 Å². The van der Waals surface area contributed by atoms with Gasteiger partial charge >= 0.3 is 5.88 Å². The number of rotatable bonds is 6. The minimum atomic E-state index is -0.710. The van der Waals surface area contributed by atoms with Gasteiger partial charge in [0.05, 0.1) is 12.3 Å². The van der Waals surface area contributed by atoms with Crippen LogP contribution in [0.4, 0.5) is 11.7 Å². The summed E-state index contributed by atoms with van der Waals surface area (Å²) in [5, 5.41) is 29.5. The van der Waals surface area contributed by atoms with Gasteiger partial charge in [-0.25, -0.2) is 10.1 Å². The summed E-state index contributed by atoms with van der Waals surface area (Å²) in [5.41, 5.74) is 8.80. The van der Waals surface area contributed by atoms with Crippen molar-refractivity contribution < 1.29 is 18.8 Å². The highest BCUT2D eigenvalue weighted by Gasteiger charge is 2.25. The third-order valence-electron chi connectivity index (χ3n) is 3.78. The quantitative estimate of drug-likeness (QED) is 0.265. The third kappa shape index (κ3) is 3.47. The molecule has 14 heteroatoms. The number of nitrogens with one attached hydrogen (secondary N) is 1. The Morgan fingerprint density at radius 1 is 1.23 bits per heavy atom. The molecule has 4 aromatic rings. The summed E-state index contributed by atoms with van der Waals surface area (Å²) in [6.07, 6.45) is 1.10. The lowest BCUT2D eigenvalue weighted by Crippen LogP contribution is -2.22. The number of nitrogens with zero attached hydrogens (tertiary/aromatic N) is 7. The number of carbonyl (C=O) groups is 1. The van der Waals surface area contributed by atoms with E-state index in [2.05, 4.69) is 35.8 Å². The summed E-state index contributed by atoms with van der Waals surface area (Å²) < 4.78 is 10.6. The summed E-state index contributed by atoms with van der Waals surface area (Å²) in [4.78, 5) is 22.8. The van der Waals surface area contributed by atoms with E-state index in [1.807, 2.05) is 0 Å². The van der Waals surface area contributed by atoms with Crippen LogP contribution in [0.5, 0.6) is 0 Å². The van der Waals surface area contributed by atoms with Crippen LogP contribution >= 0.6 is 0 Å². The van der Waals surface area contributed by atoms with Gasteiger partial charge in [-0.15, -0.1) is 5.10 Å². The van der Waals surface area contributed by atoms with E-state index in [4.69, 9.17) is 10.2 Å². The number of hydrogen-bond acceptors (Lipinski definition) is 11. The number of aromatic nitrogens is 5. The first-order chi connectivity index (χ1) is 14.5. The maximum absolute atomic E-state index is 12.8. The third-order valence-corrected chi connectivity index (χ3v) is 3.78. The molecule has 0 unspecified atom stereocenters. The van der Waals surface area contributed by atoms with Crippen molar-refractivity contribution in [2.24, 2.45) is 5.10 Å². The van der Waals surface area contributed by atoms with Crippen molar-refractivity contribution in [2.75, 3.05) is 5.73 Å². The minimum Gasteiger partial charge on any atom is -0.400 e. The molecule has 4 rings (SSSR count). The van der Waals surface area contributed by atoms with Crippen LogP contribution in [0.1, 0.15) is 16.2 Å². The van der Waals surface area contributed by atoms with Crippen LogP contribution in [0.15, 0.2) is 56.6 Å². The van der Waals surface area contributed by atoms with Crippen LogP contribution in [-0.4, -0.2) is 42.4 Å². The lowest BCUT2D eigenvalue weighted by molar-refractivity contribution is -0.402. The Hall–Kier alpha value is -4.88. The molecule has 1 amide bonds. The average Bonchev–Trinajstić information content (AvgIpc) is 3.47. The molecule has 0 saturated carbocycles. The highest BCUT2D eigenvalue weighted by Crippen LogP contribution is 2.24. The van der Waals surface area contributed by atoms with Crippen molar-refractivity contribution in [1.29, 1.82) is 0 Å². The Morgan fingerprint density at radius 3 is 2.70 bits per heavy atom. The Labute approximate surface area is 166 Å². The smallest absolute Gasteiger partial charge is 0.400 e. The van der Waals surface area contributed by atoms with Gasteiger partial charge in [-0.2, -0.15) is 9.78 Å². The second-order valence-corrected chi connectivity index (χ2v) is 5.67. The van der Waals surface area contributed by atoms with Gasteiger partial charge in [-0.05, 0) is 16.4 Å². The van der Waals surface area contributed by atoms with Crippen molar-refractivity contribution in [3.8, 4) is 17.1 Å². The zero-order chi connectivity index (χ0) is 21.1. The monoisotopic (exact) mass is 409 g/mol. The Kier molecular flexibility index (Phi) is 4.70.